The van der Waals surface area contributed by atoms with Gasteiger partial charge in [0.2, 0.25) is 0 Å². The summed E-state index contributed by atoms with van der Waals surface area (Å²) < 4.78 is 0.159. The third-order valence-corrected chi connectivity index (χ3v) is 5.95. The molecule has 1 aliphatic rings. The van der Waals surface area contributed by atoms with Crippen molar-refractivity contribution in [2.24, 2.45) is 22.7 Å². The monoisotopic (exact) mass is 228 g/mol. The summed E-state index contributed by atoms with van der Waals surface area (Å²) >= 11 is 5.03. The molecule has 0 nitrogen and oxygen atoms in total. The van der Waals surface area contributed by atoms with Gasteiger partial charge in [-0.25, -0.2) is 0 Å². The first-order valence-corrected chi connectivity index (χ1v) is 6.72. The van der Waals surface area contributed by atoms with E-state index in [9.17, 15) is 0 Å². The van der Waals surface area contributed by atoms with Crippen molar-refractivity contribution in [2.75, 3.05) is 0 Å². The van der Waals surface area contributed by atoms with Crippen LogP contribution in [0, 0.1) is 22.7 Å². The highest BCUT2D eigenvalue weighted by atomic mass is 32.1. The van der Waals surface area contributed by atoms with Crippen LogP contribution in [0.25, 0.3) is 0 Å². The SMILES string of the molecule is CCC1CC(C(C)(C)C)C(C)(S)C1(C)C. The minimum Gasteiger partial charge on any atom is -0.172 e. The van der Waals surface area contributed by atoms with Gasteiger partial charge in [-0.3, -0.25) is 0 Å². The molecule has 0 radical (unpaired) electrons. The molecule has 15 heavy (non-hydrogen) atoms. The highest BCUT2D eigenvalue weighted by Gasteiger charge is 2.57. The van der Waals surface area contributed by atoms with Crippen molar-refractivity contribution < 1.29 is 0 Å². The molecule has 0 saturated heterocycles. The second-order valence-electron chi connectivity index (χ2n) is 7.13. The first-order chi connectivity index (χ1) is 6.55. The molecule has 1 saturated carbocycles. The molecule has 90 valence electrons. The molecule has 3 unspecified atom stereocenters. The Balaban J connectivity index is 3.07. The van der Waals surface area contributed by atoms with Crippen molar-refractivity contribution in [1.29, 1.82) is 0 Å². The molecule has 3 atom stereocenters. The summed E-state index contributed by atoms with van der Waals surface area (Å²) in [5.41, 5.74) is 0.723. The third kappa shape index (κ3) is 1.97. The first-order valence-electron chi connectivity index (χ1n) is 6.27. The molecule has 0 N–H and O–H groups in total. The molecule has 1 rings (SSSR count). The Morgan fingerprint density at radius 3 is 1.87 bits per heavy atom. The van der Waals surface area contributed by atoms with Crippen molar-refractivity contribution in [2.45, 2.75) is 66.1 Å². The molecule has 0 aromatic carbocycles. The smallest absolute Gasteiger partial charge is 0.0188 e. The fraction of sp³-hybridized carbons (Fsp3) is 1.00. The van der Waals surface area contributed by atoms with Gasteiger partial charge in [-0.15, -0.1) is 0 Å². The van der Waals surface area contributed by atoms with Gasteiger partial charge in [0.05, 0.1) is 0 Å². The fourth-order valence-electron chi connectivity index (χ4n) is 3.54. The topological polar surface area (TPSA) is 0 Å². The summed E-state index contributed by atoms with van der Waals surface area (Å²) in [6.45, 7) is 16.6. The van der Waals surface area contributed by atoms with E-state index < -0.39 is 0 Å². The van der Waals surface area contributed by atoms with E-state index >= 15 is 0 Å². The lowest BCUT2D eigenvalue weighted by molar-refractivity contribution is 0.165. The minimum atomic E-state index is 0.159. The maximum atomic E-state index is 5.03. The van der Waals surface area contributed by atoms with Crippen molar-refractivity contribution in [3.8, 4) is 0 Å². The molecule has 0 spiro atoms. The Morgan fingerprint density at radius 2 is 1.67 bits per heavy atom. The Morgan fingerprint density at radius 1 is 1.20 bits per heavy atom. The molecule has 0 heterocycles. The summed E-state index contributed by atoms with van der Waals surface area (Å²) in [6.07, 6.45) is 2.63. The van der Waals surface area contributed by atoms with Crippen LogP contribution in [0.3, 0.4) is 0 Å². The third-order valence-electron chi connectivity index (χ3n) is 5.06. The van der Waals surface area contributed by atoms with Gasteiger partial charge in [0.1, 0.15) is 0 Å². The summed E-state index contributed by atoms with van der Waals surface area (Å²) in [4.78, 5) is 0. The molecule has 0 aliphatic heterocycles. The molecule has 0 bridgehead atoms. The molecular formula is C14H28S. The van der Waals surface area contributed by atoms with Crippen LogP contribution in [0.5, 0.6) is 0 Å². The predicted octanol–water partition coefficient (Wildman–Crippen LogP) is 4.79. The summed E-state index contributed by atoms with van der Waals surface area (Å²) in [6, 6.07) is 0. The summed E-state index contributed by atoms with van der Waals surface area (Å²) in [5.74, 6) is 1.54. The second kappa shape index (κ2) is 3.68. The molecule has 1 aliphatic carbocycles. The normalized spacial score (nSPS) is 40.8. The minimum absolute atomic E-state index is 0.159. The molecule has 1 fully saturated rings. The highest BCUT2D eigenvalue weighted by Crippen LogP contribution is 2.61. The lowest BCUT2D eigenvalue weighted by atomic mass is 9.69. The van der Waals surface area contributed by atoms with Gasteiger partial charge in [-0.2, -0.15) is 12.6 Å². The average molecular weight is 228 g/mol. The molecule has 1 heteroatoms. The van der Waals surface area contributed by atoms with E-state index in [1.54, 1.807) is 0 Å². The molecule has 0 aromatic heterocycles. The van der Waals surface area contributed by atoms with E-state index in [0.29, 0.717) is 16.7 Å². The van der Waals surface area contributed by atoms with Crippen LogP contribution in [-0.2, 0) is 0 Å². The number of hydrogen-bond acceptors (Lipinski definition) is 1. The van der Waals surface area contributed by atoms with E-state index in [4.69, 9.17) is 12.6 Å². The van der Waals surface area contributed by atoms with Crippen LogP contribution in [0.15, 0.2) is 0 Å². The maximum Gasteiger partial charge on any atom is 0.0188 e. The van der Waals surface area contributed by atoms with Gasteiger partial charge in [-0.1, -0.05) is 48.0 Å². The van der Waals surface area contributed by atoms with Crippen LogP contribution in [0.4, 0.5) is 0 Å². The Labute approximate surface area is 102 Å². The quantitative estimate of drug-likeness (QED) is 0.613. The Hall–Kier alpha value is 0.350. The average Bonchev–Trinajstić information content (AvgIpc) is 2.18. The zero-order valence-electron chi connectivity index (χ0n) is 11.5. The molecule has 0 amide bonds. The number of rotatable bonds is 1. The predicted molar refractivity (Wildman–Crippen MR) is 72.5 cm³/mol. The summed E-state index contributed by atoms with van der Waals surface area (Å²) in [5, 5.41) is 0. The Bertz CT molecular complexity index is 232. The van der Waals surface area contributed by atoms with Crippen LogP contribution >= 0.6 is 12.6 Å². The zero-order chi connectivity index (χ0) is 12.1. The van der Waals surface area contributed by atoms with E-state index in [1.807, 2.05) is 0 Å². The summed E-state index contributed by atoms with van der Waals surface area (Å²) in [7, 11) is 0. The maximum absolute atomic E-state index is 5.03. The molecule has 0 aromatic rings. The van der Waals surface area contributed by atoms with Gasteiger partial charge < -0.3 is 0 Å². The molecular weight excluding hydrogens is 200 g/mol. The second-order valence-corrected chi connectivity index (χ2v) is 8.06. The largest absolute Gasteiger partial charge is 0.172 e. The van der Waals surface area contributed by atoms with E-state index in [-0.39, 0.29) is 4.75 Å². The first kappa shape index (κ1) is 13.4. The fourth-order valence-corrected chi connectivity index (χ4v) is 4.22. The van der Waals surface area contributed by atoms with E-state index in [1.165, 1.54) is 12.8 Å². The standard InChI is InChI=1S/C14H28S/c1-8-10-9-11(12(2,3)4)14(7,15)13(10,5)6/h10-11,15H,8-9H2,1-7H3. The lowest BCUT2D eigenvalue weighted by Gasteiger charge is -2.44. The van der Waals surface area contributed by atoms with Crippen molar-refractivity contribution in [3.05, 3.63) is 0 Å². The van der Waals surface area contributed by atoms with Crippen LogP contribution in [-0.4, -0.2) is 4.75 Å². The van der Waals surface area contributed by atoms with Crippen molar-refractivity contribution in [1.82, 2.24) is 0 Å². The van der Waals surface area contributed by atoms with Crippen LogP contribution in [0.2, 0.25) is 0 Å². The van der Waals surface area contributed by atoms with Crippen molar-refractivity contribution in [3.63, 3.8) is 0 Å². The Kier molecular flexibility index (Phi) is 3.29. The van der Waals surface area contributed by atoms with Gasteiger partial charge in [0.25, 0.3) is 0 Å². The number of hydrogen-bond donors (Lipinski definition) is 1. The number of thiol groups is 1. The van der Waals surface area contributed by atoms with Gasteiger partial charge in [0.15, 0.2) is 0 Å². The van der Waals surface area contributed by atoms with Crippen LogP contribution in [0.1, 0.15) is 61.3 Å². The van der Waals surface area contributed by atoms with Crippen molar-refractivity contribution >= 4 is 12.6 Å². The highest BCUT2D eigenvalue weighted by molar-refractivity contribution is 7.81. The van der Waals surface area contributed by atoms with E-state index in [0.717, 1.165) is 5.92 Å². The van der Waals surface area contributed by atoms with Gasteiger partial charge in [-0.05, 0) is 36.0 Å². The van der Waals surface area contributed by atoms with Gasteiger partial charge in [0, 0.05) is 4.75 Å². The lowest BCUT2D eigenvalue weighted by Crippen LogP contribution is -2.43. The zero-order valence-corrected chi connectivity index (χ0v) is 12.4. The van der Waals surface area contributed by atoms with E-state index in [2.05, 4.69) is 48.5 Å². The van der Waals surface area contributed by atoms with Crippen LogP contribution < -0.4 is 0 Å². The van der Waals surface area contributed by atoms with Gasteiger partial charge >= 0.3 is 0 Å².